The molecule has 6 nitrogen and oxygen atoms in total. The zero-order valence-electron chi connectivity index (χ0n) is 7.93. The van der Waals surface area contributed by atoms with Crippen LogP contribution < -0.4 is 11.1 Å². The van der Waals surface area contributed by atoms with Gasteiger partial charge in [0, 0.05) is 13.1 Å². The average Bonchev–Trinajstić information content (AvgIpc) is 2.61. The summed E-state index contributed by atoms with van der Waals surface area (Å²) in [5.74, 6) is -0.595. The van der Waals surface area contributed by atoms with Crippen LogP contribution in [0.5, 0.6) is 0 Å². The van der Waals surface area contributed by atoms with Crippen molar-refractivity contribution in [2.75, 3.05) is 6.54 Å². The van der Waals surface area contributed by atoms with E-state index in [0.29, 0.717) is 25.2 Å². The van der Waals surface area contributed by atoms with Crippen LogP contribution in [0.1, 0.15) is 16.2 Å². The molecule has 0 unspecified atom stereocenters. The van der Waals surface area contributed by atoms with Crippen LogP contribution in [0.25, 0.3) is 0 Å². The third-order valence-corrected chi connectivity index (χ3v) is 1.91. The van der Waals surface area contributed by atoms with Gasteiger partial charge >= 0.3 is 0 Å². The second-order valence-corrected chi connectivity index (χ2v) is 2.80. The number of nitriles is 1. The molecule has 0 bridgehead atoms. The topological polar surface area (TPSA) is 101 Å². The Morgan fingerprint density at radius 2 is 2.40 bits per heavy atom. The van der Waals surface area contributed by atoms with Crippen molar-refractivity contribution >= 4 is 12.3 Å². The Hall–Kier alpha value is -2.29. The molecular weight excluding hydrogens is 196 g/mol. The van der Waals surface area contributed by atoms with Gasteiger partial charge in [0.05, 0.1) is 0 Å². The van der Waals surface area contributed by atoms with E-state index in [1.54, 1.807) is 0 Å². The number of carbonyl (C=O) groups excluding carboxylic acids is 2. The normalized spacial score (nSPS) is 9.27. The summed E-state index contributed by atoms with van der Waals surface area (Å²) in [4.78, 5) is 21.0. The van der Waals surface area contributed by atoms with Gasteiger partial charge in [-0.2, -0.15) is 5.26 Å². The highest BCUT2D eigenvalue weighted by atomic mass is 16.1. The molecular formula is C9H10N4O2. The Labute approximate surface area is 86.3 Å². The van der Waals surface area contributed by atoms with Crippen molar-refractivity contribution in [3.05, 3.63) is 23.5 Å². The summed E-state index contributed by atoms with van der Waals surface area (Å²) in [5, 5.41) is 11.2. The van der Waals surface area contributed by atoms with Crippen molar-refractivity contribution in [3.8, 4) is 6.07 Å². The molecule has 6 heteroatoms. The molecule has 2 amide bonds. The summed E-state index contributed by atoms with van der Waals surface area (Å²) >= 11 is 0. The van der Waals surface area contributed by atoms with Crippen LogP contribution in [0, 0.1) is 11.3 Å². The first-order valence-corrected chi connectivity index (χ1v) is 4.27. The molecule has 15 heavy (non-hydrogen) atoms. The number of hydrogen-bond acceptors (Lipinski definition) is 3. The van der Waals surface area contributed by atoms with Crippen molar-refractivity contribution in [3.63, 3.8) is 0 Å². The molecule has 78 valence electrons. The Balaban J connectivity index is 2.91. The molecule has 0 radical (unpaired) electrons. The van der Waals surface area contributed by atoms with Crippen molar-refractivity contribution in [1.82, 2.24) is 9.88 Å². The number of nitrogens with two attached hydrogens (primary N) is 1. The molecule has 1 aromatic heterocycles. The predicted molar refractivity (Wildman–Crippen MR) is 51.7 cm³/mol. The van der Waals surface area contributed by atoms with Crippen molar-refractivity contribution in [1.29, 1.82) is 5.26 Å². The molecule has 0 aliphatic carbocycles. The van der Waals surface area contributed by atoms with Crippen molar-refractivity contribution < 1.29 is 9.59 Å². The van der Waals surface area contributed by atoms with E-state index in [1.165, 1.54) is 16.7 Å². The van der Waals surface area contributed by atoms with E-state index in [4.69, 9.17) is 11.0 Å². The van der Waals surface area contributed by atoms with E-state index in [1.807, 2.05) is 6.07 Å². The first kappa shape index (κ1) is 10.8. The Morgan fingerprint density at radius 1 is 1.67 bits per heavy atom. The molecule has 0 fully saturated rings. The number of primary amides is 1. The monoisotopic (exact) mass is 206 g/mol. The quantitative estimate of drug-likeness (QED) is 0.487. The van der Waals surface area contributed by atoms with Crippen molar-refractivity contribution in [2.24, 2.45) is 5.73 Å². The lowest BCUT2D eigenvalue weighted by atomic mass is 10.4. The van der Waals surface area contributed by atoms with Gasteiger partial charge in [-0.1, -0.05) is 0 Å². The van der Waals surface area contributed by atoms with Gasteiger partial charge in [0.1, 0.15) is 17.5 Å². The summed E-state index contributed by atoms with van der Waals surface area (Å²) in [6.45, 7) is 0.681. The molecule has 0 atom stereocenters. The number of hydrogen-bond donors (Lipinski definition) is 2. The van der Waals surface area contributed by atoms with Gasteiger partial charge in [-0.3, -0.25) is 9.59 Å². The summed E-state index contributed by atoms with van der Waals surface area (Å²) in [7, 11) is 0. The smallest absolute Gasteiger partial charge is 0.265 e. The number of rotatable bonds is 5. The molecule has 0 spiro atoms. The van der Waals surface area contributed by atoms with Gasteiger partial charge in [0.25, 0.3) is 5.91 Å². The second-order valence-electron chi connectivity index (χ2n) is 2.80. The maximum atomic E-state index is 11.0. The SMILES string of the molecule is N#Cc1ccc(C(N)=O)n1CCNC=O. The van der Waals surface area contributed by atoms with Gasteiger partial charge < -0.3 is 15.6 Å². The molecule has 0 saturated carbocycles. The molecule has 0 aliphatic rings. The lowest BCUT2D eigenvalue weighted by molar-refractivity contribution is -0.109. The van der Waals surface area contributed by atoms with Crippen LogP contribution >= 0.6 is 0 Å². The molecule has 0 aliphatic heterocycles. The van der Waals surface area contributed by atoms with Crippen LogP contribution in [-0.2, 0) is 11.3 Å². The van der Waals surface area contributed by atoms with Gasteiger partial charge in [-0.15, -0.1) is 0 Å². The van der Waals surface area contributed by atoms with Crippen LogP contribution in [0.3, 0.4) is 0 Å². The maximum absolute atomic E-state index is 11.0. The Kier molecular flexibility index (Phi) is 3.46. The molecule has 0 saturated heterocycles. The minimum Gasteiger partial charge on any atom is -0.364 e. The largest absolute Gasteiger partial charge is 0.364 e. The van der Waals surface area contributed by atoms with E-state index in [-0.39, 0.29) is 5.69 Å². The Morgan fingerprint density at radius 3 is 2.93 bits per heavy atom. The summed E-state index contributed by atoms with van der Waals surface area (Å²) in [5.41, 5.74) is 5.73. The zero-order chi connectivity index (χ0) is 11.3. The second kappa shape index (κ2) is 4.81. The van der Waals surface area contributed by atoms with Crippen LogP contribution in [-0.4, -0.2) is 23.4 Å². The lowest BCUT2D eigenvalue weighted by Crippen LogP contribution is -2.23. The standard InChI is InChI=1S/C9H10N4O2/c10-5-7-1-2-8(9(11)15)13(7)4-3-12-6-14/h1-2,6H,3-4H2,(H2,11,15)(H,12,14). The fraction of sp³-hybridized carbons (Fsp3) is 0.222. The number of amides is 2. The first-order valence-electron chi connectivity index (χ1n) is 4.27. The van der Waals surface area contributed by atoms with E-state index in [0.717, 1.165) is 0 Å². The minimum atomic E-state index is -0.595. The fourth-order valence-corrected chi connectivity index (χ4v) is 1.26. The minimum absolute atomic E-state index is 0.263. The van der Waals surface area contributed by atoms with E-state index in [9.17, 15) is 9.59 Å². The summed E-state index contributed by atoms with van der Waals surface area (Å²) in [6, 6.07) is 4.94. The average molecular weight is 206 g/mol. The molecule has 1 heterocycles. The summed E-state index contributed by atoms with van der Waals surface area (Å²) < 4.78 is 1.47. The van der Waals surface area contributed by atoms with Crippen LogP contribution in [0.2, 0.25) is 0 Å². The van der Waals surface area contributed by atoms with Crippen molar-refractivity contribution in [2.45, 2.75) is 6.54 Å². The highest BCUT2D eigenvalue weighted by Gasteiger charge is 2.11. The zero-order valence-corrected chi connectivity index (χ0v) is 7.93. The van der Waals surface area contributed by atoms with Crippen LogP contribution in [0.4, 0.5) is 0 Å². The number of nitrogens with one attached hydrogen (secondary N) is 1. The molecule has 0 aromatic carbocycles. The highest BCUT2D eigenvalue weighted by Crippen LogP contribution is 2.07. The van der Waals surface area contributed by atoms with E-state index in [2.05, 4.69) is 5.32 Å². The molecule has 1 rings (SSSR count). The fourth-order valence-electron chi connectivity index (χ4n) is 1.26. The lowest BCUT2D eigenvalue weighted by Gasteiger charge is -2.07. The number of aromatic nitrogens is 1. The third kappa shape index (κ3) is 2.34. The third-order valence-electron chi connectivity index (χ3n) is 1.91. The first-order chi connectivity index (χ1) is 7.20. The Bertz CT molecular complexity index is 416. The number of nitrogens with zero attached hydrogens (tertiary/aromatic N) is 2. The van der Waals surface area contributed by atoms with Gasteiger partial charge in [0.2, 0.25) is 6.41 Å². The molecule has 3 N–H and O–H groups in total. The van der Waals surface area contributed by atoms with E-state index < -0.39 is 5.91 Å². The van der Waals surface area contributed by atoms with Gasteiger partial charge in [-0.25, -0.2) is 0 Å². The molecule has 1 aromatic rings. The summed E-state index contributed by atoms with van der Waals surface area (Å²) in [6.07, 6.45) is 0.555. The number of carbonyl (C=O) groups is 2. The predicted octanol–water partition coefficient (Wildman–Crippen LogP) is -0.795. The van der Waals surface area contributed by atoms with Gasteiger partial charge in [-0.05, 0) is 12.1 Å². The maximum Gasteiger partial charge on any atom is 0.265 e. The van der Waals surface area contributed by atoms with Crippen LogP contribution in [0.15, 0.2) is 12.1 Å². The van der Waals surface area contributed by atoms with Gasteiger partial charge in [0.15, 0.2) is 0 Å². The highest BCUT2D eigenvalue weighted by molar-refractivity contribution is 5.91. The van der Waals surface area contributed by atoms with E-state index >= 15 is 0 Å².